The van der Waals surface area contributed by atoms with Gasteiger partial charge in [0.15, 0.2) is 9.84 Å². The van der Waals surface area contributed by atoms with Crippen LogP contribution in [0.15, 0.2) is 10.6 Å². The third-order valence-corrected chi connectivity index (χ3v) is 7.05. The first kappa shape index (κ1) is 22.0. The van der Waals surface area contributed by atoms with Crippen molar-refractivity contribution in [3.05, 3.63) is 17.5 Å². The first-order chi connectivity index (χ1) is 11.2. The first-order valence-electron chi connectivity index (χ1n) is 8.06. The fraction of sp³-hybridized carbons (Fsp3) is 0.812. The number of nitrogens with zero attached hydrogens (tertiary/aromatic N) is 1. The molecule has 0 saturated heterocycles. The summed E-state index contributed by atoms with van der Waals surface area (Å²) in [5, 5.41) is 13.2. The lowest BCUT2D eigenvalue weighted by Crippen LogP contribution is -2.35. The molecule has 9 heteroatoms. The smallest absolute Gasteiger partial charge is 0.389 e. The van der Waals surface area contributed by atoms with Crippen LogP contribution in [-0.4, -0.2) is 42.0 Å². The van der Waals surface area contributed by atoms with Crippen LogP contribution in [0.1, 0.15) is 58.4 Å². The molecule has 1 N–H and O–H groups in total. The molecule has 0 aliphatic rings. The van der Waals surface area contributed by atoms with Crippen molar-refractivity contribution in [3.63, 3.8) is 0 Å². The van der Waals surface area contributed by atoms with Crippen LogP contribution in [0.4, 0.5) is 13.2 Å². The van der Waals surface area contributed by atoms with E-state index in [-0.39, 0.29) is 13.0 Å². The van der Waals surface area contributed by atoms with Crippen molar-refractivity contribution >= 4 is 9.84 Å². The Morgan fingerprint density at radius 2 is 1.76 bits per heavy atom. The predicted octanol–water partition coefficient (Wildman–Crippen LogP) is 3.41. The molecule has 0 saturated carbocycles. The van der Waals surface area contributed by atoms with E-state index in [1.54, 1.807) is 19.9 Å². The molecule has 1 aromatic rings. The summed E-state index contributed by atoms with van der Waals surface area (Å²) in [6.45, 7) is 6.49. The van der Waals surface area contributed by atoms with Crippen LogP contribution in [-0.2, 0) is 21.7 Å². The molecular weight excluding hydrogens is 359 g/mol. The molecule has 0 unspecified atom stereocenters. The SMILES string of the molecule is CC(C)(CO)c1cc(CCC(C)(C)S(=O)(=O)CCCC(F)(F)F)on1. The van der Waals surface area contributed by atoms with Crippen LogP contribution in [0.25, 0.3) is 0 Å². The van der Waals surface area contributed by atoms with Gasteiger partial charge in [-0.25, -0.2) is 8.42 Å². The second-order valence-corrected chi connectivity index (χ2v) is 10.3. The summed E-state index contributed by atoms with van der Waals surface area (Å²) in [5.74, 6) is -0.0197. The Hall–Kier alpha value is -1.09. The quantitative estimate of drug-likeness (QED) is 0.705. The maximum Gasteiger partial charge on any atom is 0.389 e. The minimum atomic E-state index is -4.35. The van der Waals surface area contributed by atoms with E-state index < -0.39 is 44.8 Å². The predicted molar refractivity (Wildman–Crippen MR) is 88.1 cm³/mol. The molecule has 1 heterocycles. The third-order valence-electron chi connectivity index (χ3n) is 4.34. The molecule has 25 heavy (non-hydrogen) atoms. The lowest BCUT2D eigenvalue weighted by molar-refractivity contribution is -0.134. The lowest BCUT2D eigenvalue weighted by Gasteiger charge is -2.24. The maximum atomic E-state index is 12.3. The molecule has 0 aromatic carbocycles. The second-order valence-electron chi connectivity index (χ2n) is 7.52. The van der Waals surface area contributed by atoms with Crippen molar-refractivity contribution in [1.82, 2.24) is 5.16 Å². The summed E-state index contributed by atoms with van der Waals surface area (Å²) in [7, 11) is -3.68. The Bertz CT molecular complexity index is 663. The monoisotopic (exact) mass is 385 g/mol. The van der Waals surface area contributed by atoms with Crippen molar-refractivity contribution in [3.8, 4) is 0 Å². The summed E-state index contributed by atoms with van der Waals surface area (Å²) in [6.07, 6.45) is -5.40. The van der Waals surface area contributed by atoms with Crippen molar-refractivity contribution in [2.75, 3.05) is 12.4 Å². The standard InChI is InChI=1S/C16H26F3NO4S/c1-14(2,11-21)13-10-12(24-20-13)6-8-15(3,4)25(22,23)9-5-7-16(17,18)19/h10,21H,5-9,11H2,1-4H3. The number of aryl methyl sites for hydroxylation is 1. The molecule has 0 spiro atoms. The van der Waals surface area contributed by atoms with E-state index in [2.05, 4.69) is 5.16 Å². The van der Waals surface area contributed by atoms with E-state index in [0.29, 0.717) is 17.9 Å². The van der Waals surface area contributed by atoms with Gasteiger partial charge in [-0.05, 0) is 26.7 Å². The number of alkyl halides is 3. The Morgan fingerprint density at radius 1 is 1.16 bits per heavy atom. The molecule has 146 valence electrons. The summed E-state index contributed by atoms with van der Waals surface area (Å²) in [5.41, 5.74) is -0.00292. The number of aliphatic hydroxyl groups excluding tert-OH is 1. The third kappa shape index (κ3) is 6.29. The molecule has 5 nitrogen and oxygen atoms in total. The fourth-order valence-electron chi connectivity index (χ4n) is 2.15. The summed E-state index contributed by atoms with van der Waals surface area (Å²) in [4.78, 5) is 0. The van der Waals surface area contributed by atoms with Gasteiger partial charge in [0.05, 0.1) is 22.8 Å². The molecule has 0 bridgehead atoms. The van der Waals surface area contributed by atoms with Crippen molar-refractivity contribution < 1.29 is 31.2 Å². The van der Waals surface area contributed by atoms with Gasteiger partial charge in [0.1, 0.15) is 5.76 Å². The zero-order chi connectivity index (χ0) is 19.5. The number of rotatable bonds is 9. The number of sulfone groups is 1. The molecular formula is C16H26F3NO4S. The summed E-state index contributed by atoms with van der Waals surface area (Å²) >= 11 is 0. The van der Waals surface area contributed by atoms with Crippen molar-refractivity contribution in [2.45, 2.75) is 69.7 Å². The maximum absolute atomic E-state index is 12.3. The molecule has 1 rings (SSSR count). The van der Waals surface area contributed by atoms with Crippen molar-refractivity contribution in [2.24, 2.45) is 0 Å². The number of halogens is 3. The van der Waals surface area contributed by atoms with Gasteiger partial charge in [-0.2, -0.15) is 13.2 Å². The second kappa shape index (κ2) is 7.65. The average Bonchev–Trinajstić information content (AvgIpc) is 2.93. The highest BCUT2D eigenvalue weighted by Crippen LogP contribution is 2.28. The fourth-order valence-corrected chi connectivity index (χ4v) is 3.64. The Kier molecular flexibility index (Phi) is 6.72. The Morgan fingerprint density at radius 3 is 2.28 bits per heavy atom. The van der Waals surface area contributed by atoms with Gasteiger partial charge in [0.25, 0.3) is 0 Å². The zero-order valence-corrected chi connectivity index (χ0v) is 15.8. The highest BCUT2D eigenvalue weighted by Gasteiger charge is 2.35. The number of hydrogen-bond donors (Lipinski definition) is 1. The van der Waals surface area contributed by atoms with Crippen molar-refractivity contribution in [1.29, 1.82) is 0 Å². The van der Waals surface area contributed by atoms with Crippen LogP contribution in [0, 0.1) is 0 Å². The van der Waals surface area contributed by atoms with Crippen LogP contribution in [0.5, 0.6) is 0 Å². The first-order valence-corrected chi connectivity index (χ1v) is 9.71. The minimum Gasteiger partial charge on any atom is -0.395 e. The van der Waals surface area contributed by atoms with E-state index in [9.17, 15) is 26.7 Å². The molecule has 0 amide bonds. The average molecular weight is 385 g/mol. The zero-order valence-electron chi connectivity index (χ0n) is 15.0. The van der Waals surface area contributed by atoms with Crippen LogP contribution in [0.3, 0.4) is 0 Å². The molecule has 0 fully saturated rings. The highest BCUT2D eigenvalue weighted by atomic mass is 32.2. The lowest BCUT2D eigenvalue weighted by atomic mass is 9.90. The van der Waals surface area contributed by atoms with Crippen LogP contribution < -0.4 is 0 Å². The molecule has 0 aliphatic heterocycles. The molecule has 0 atom stereocenters. The molecule has 1 aromatic heterocycles. The topological polar surface area (TPSA) is 80.4 Å². The van der Waals surface area contributed by atoms with Gasteiger partial charge in [-0.1, -0.05) is 19.0 Å². The highest BCUT2D eigenvalue weighted by molar-refractivity contribution is 7.92. The Balaban J connectivity index is 2.68. The van der Waals surface area contributed by atoms with Gasteiger partial charge < -0.3 is 9.63 Å². The van der Waals surface area contributed by atoms with Crippen LogP contribution >= 0.6 is 0 Å². The van der Waals surface area contributed by atoms with E-state index in [4.69, 9.17) is 4.52 Å². The largest absolute Gasteiger partial charge is 0.395 e. The number of hydrogen-bond acceptors (Lipinski definition) is 5. The van der Waals surface area contributed by atoms with Gasteiger partial charge in [0, 0.05) is 24.3 Å². The number of aromatic nitrogens is 1. The van der Waals surface area contributed by atoms with Crippen LogP contribution in [0.2, 0.25) is 0 Å². The molecule has 0 aliphatic carbocycles. The van der Waals surface area contributed by atoms with E-state index >= 15 is 0 Å². The van der Waals surface area contributed by atoms with E-state index in [0.717, 1.165) is 0 Å². The van der Waals surface area contributed by atoms with E-state index in [1.165, 1.54) is 13.8 Å². The van der Waals surface area contributed by atoms with Gasteiger partial charge in [-0.3, -0.25) is 0 Å². The Labute approximate surface area is 146 Å². The van der Waals surface area contributed by atoms with Gasteiger partial charge in [-0.15, -0.1) is 0 Å². The normalized spacial score (nSPS) is 14.1. The summed E-state index contributed by atoms with van der Waals surface area (Å²) < 4.78 is 65.2. The number of aliphatic hydroxyl groups is 1. The minimum absolute atomic E-state index is 0.113. The van der Waals surface area contributed by atoms with Gasteiger partial charge in [0.2, 0.25) is 0 Å². The summed E-state index contributed by atoms with van der Waals surface area (Å²) in [6, 6.07) is 1.67. The van der Waals surface area contributed by atoms with E-state index in [1.807, 2.05) is 0 Å². The van der Waals surface area contributed by atoms with Gasteiger partial charge >= 0.3 is 6.18 Å². The molecule has 0 radical (unpaired) electrons.